The quantitative estimate of drug-likeness (QED) is 0.758. The summed E-state index contributed by atoms with van der Waals surface area (Å²) in [6.07, 6.45) is 3.51. The molecule has 0 unspecified atom stereocenters. The van der Waals surface area contributed by atoms with Crippen molar-refractivity contribution in [1.82, 2.24) is 25.1 Å². The molecule has 7 heteroatoms. The van der Waals surface area contributed by atoms with E-state index in [0.29, 0.717) is 11.6 Å². The first-order valence-corrected chi connectivity index (χ1v) is 9.07. The molecule has 0 radical (unpaired) electrons. The van der Waals surface area contributed by atoms with E-state index in [-0.39, 0.29) is 11.9 Å². The Hall–Kier alpha value is -2.54. The van der Waals surface area contributed by atoms with Crippen LogP contribution in [-0.2, 0) is 0 Å². The van der Waals surface area contributed by atoms with E-state index in [1.54, 1.807) is 17.1 Å². The molecule has 0 fully saturated rings. The third-order valence-electron chi connectivity index (χ3n) is 3.98. The molecule has 0 aliphatic carbocycles. The summed E-state index contributed by atoms with van der Waals surface area (Å²) in [5, 5.41) is 10.2. The first kappa shape index (κ1) is 17.3. The maximum Gasteiger partial charge on any atom is 0.271 e. The fourth-order valence-corrected chi connectivity index (χ4v) is 3.38. The van der Waals surface area contributed by atoms with Gasteiger partial charge in [-0.1, -0.05) is 19.9 Å². The molecule has 6 nitrogen and oxygen atoms in total. The van der Waals surface area contributed by atoms with Gasteiger partial charge < -0.3 is 5.32 Å². The van der Waals surface area contributed by atoms with Crippen LogP contribution in [0.5, 0.6) is 0 Å². The molecule has 3 aromatic rings. The van der Waals surface area contributed by atoms with Crippen molar-refractivity contribution in [2.45, 2.75) is 39.7 Å². The molecule has 3 heterocycles. The lowest BCUT2D eigenvalue weighted by Crippen LogP contribution is -2.27. The van der Waals surface area contributed by atoms with Crippen LogP contribution in [0.25, 0.3) is 5.82 Å². The molecule has 1 N–H and O–H groups in total. The zero-order valence-electron chi connectivity index (χ0n) is 14.7. The predicted molar refractivity (Wildman–Crippen MR) is 98.2 cm³/mol. The Morgan fingerprint density at radius 2 is 2.08 bits per heavy atom. The number of nitrogens with one attached hydrogen (secondary N) is 1. The van der Waals surface area contributed by atoms with Gasteiger partial charge in [0.15, 0.2) is 5.82 Å². The van der Waals surface area contributed by atoms with Gasteiger partial charge in [0, 0.05) is 28.8 Å². The number of amides is 1. The average Bonchev–Trinajstić information content (AvgIpc) is 3.22. The van der Waals surface area contributed by atoms with Crippen molar-refractivity contribution in [3.63, 3.8) is 0 Å². The van der Waals surface area contributed by atoms with Crippen LogP contribution < -0.4 is 5.32 Å². The maximum absolute atomic E-state index is 12.4. The first-order valence-electron chi connectivity index (χ1n) is 8.19. The molecule has 0 aliphatic heterocycles. The Balaban J connectivity index is 1.76. The molecule has 3 rings (SSSR count). The highest BCUT2D eigenvalue weighted by atomic mass is 32.1. The molecule has 0 spiro atoms. The molecule has 25 heavy (non-hydrogen) atoms. The van der Waals surface area contributed by atoms with Gasteiger partial charge >= 0.3 is 0 Å². The van der Waals surface area contributed by atoms with E-state index < -0.39 is 0 Å². The smallest absolute Gasteiger partial charge is 0.271 e. The molecule has 130 valence electrons. The zero-order chi connectivity index (χ0) is 18.0. The second-order valence-corrected chi connectivity index (χ2v) is 7.10. The van der Waals surface area contributed by atoms with Gasteiger partial charge in [0.2, 0.25) is 0 Å². The van der Waals surface area contributed by atoms with Crippen LogP contribution in [0.15, 0.2) is 36.0 Å². The normalized spacial score (nSPS) is 12.4. The highest BCUT2D eigenvalue weighted by Crippen LogP contribution is 2.22. The Labute approximate surface area is 150 Å². The summed E-state index contributed by atoms with van der Waals surface area (Å²) in [5.74, 6) is 0.911. The Bertz CT molecular complexity index is 869. The second-order valence-electron chi connectivity index (χ2n) is 6.21. The summed E-state index contributed by atoms with van der Waals surface area (Å²) < 4.78 is 1.78. The maximum atomic E-state index is 12.4. The van der Waals surface area contributed by atoms with E-state index in [4.69, 9.17) is 0 Å². The van der Waals surface area contributed by atoms with Crippen molar-refractivity contribution < 1.29 is 4.79 Å². The molecule has 0 bridgehead atoms. The monoisotopic (exact) mass is 355 g/mol. The second kappa shape index (κ2) is 7.14. The first-order chi connectivity index (χ1) is 12.0. The highest BCUT2D eigenvalue weighted by Gasteiger charge is 2.19. The van der Waals surface area contributed by atoms with Gasteiger partial charge in [-0.05, 0) is 26.0 Å². The van der Waals surface area contributed by atoms with E-state index in [1.807, 2.05) is 37.4 Å². The lowest BCUT2D eigenvalue weighted by atomic mass is 10.1. The Morgan fingerprint density at radius 1 is 1.28 bits per heavy atom. The number of thiazole rings is 1. The van der Waals surface area contributed by atoms with Crippen molar-refractivity contribution >= 4 is 17.2 Å². The van der Waals surface area contributed by atoms with Crippen molar-refractivity contribution in [2.75, 3.05) is 0 Å². The molecule has 0 aliphatic rings. The minimum atomic E-state index is -0.172. The molecular formula is C18H21N5OS. The van der Waals surface area contributed by atoms with Crippen molar-refractivity contribution in [2.24, 2.45) is 0 Å². The van der Waals surface area contributed by atoms with Crippen LogP contribution in [0.3, 0.4) is 0 Å². The molecule has 1 amide bonds. The average molecular weight is 355 g/mol. The third-order valence-corrected chi connectivity index (χ3v) is 5.12. The molecule has 1 atom stereocenters. The molecular weight excluding hydrogens is 334 g/mol. The van der Waals surface area contributed by atoms with Gasteiger partial charge in [0.25, 0.3) is 5.91 Å². The van der Waals surface area contributed by atoms with Crippen LogP contribution in [0.1, 0.15) is 59.5 Å². The molecule has 0 saturated carbocycles. The molecule has 0 saturated heterocycles. The molecule has 0 aromatic carbocycles. The minimum absolute atomic E-state index is 0.166. The number of nitrogens with zero attached hydrogens (tertiary/aromatic N) is 4. The number of carbonyl (C=O) groups is 1. The number of rotatable bonds is 5. The van der Waals surface area contributed by atoms with Gasteiger partial charge in [0.05, 0.1) is 17.2 Å². The Kier molecular flexibility index (Phi) is 4.94. The SMILES string of the molecule is Cc1c([C@H](C)NC(=O)c2csc(C(C)C)n2)cnn1-c1ccccn1. The van der Waals surface area contributed by atoms with Crippen LogP contribution in [0.2, 0.25) is 0 Å². The topological polar surface area (TPSA) is 72.7 Å². The van der Waals surface area contributed by atoms with Gasteiger partial charge in [-0.25, -0.2) is 14.6 Å². The summed E-state index contributed by atoms with van der Waals surface area (Å²) in [5.41, 5.74) is 2.38. The van der Waals surface area contributed by atoms with Crippen LogP contribution in [0, 0.1) is 6.92 Å². The van der Waals surface area contributed by atoms with E-state index in [1.165, 1.54) is 11.3 Å². The third kappa shape index (κ3) is 3.61. The van der Waals surface area contributed by atoms with Gasteiger partial charge in [-0.3, -0.25) is 4.79 Å². The lowest BCUT2D eigenvalue weighted by molar-refractivity contribution is 0.0935. The van der Waals surface area contributed by atoms with Crippen LogP contribution in [0.4, 0.5) is 0 Å². The van der Waals surface area contributed by atoms with Gasteiger partial charge in [-0.15, -0.1) is 11.3 Å². The minimum Gasteiger partial charge on any atom is -0.344 e. The number of aromatic nitrogens is 4. The van der Waals surface area contributed by atoms with Crippen molar-refractivity contribution in [1.29, 1.82) is 0 Å². The fourth-order valence-electron chi connectivity index (χ4n) is 2.56. The fraction of sp³-hybridized carbons (Fsp3) is 0.333. The zero-order valence-corrected chi connectivity index (χ0v) is 15.5. The summed E-state index contributed by atoms with van der Waals surface area (Å²) >= 11 is 1.52. The van der Waals surface area contributed by atoms with Crippen LogP contribution in [-0.4, -0.2) is 25.7 Å². The largest absolute Gasteiger partial charge is 0.344 e. The lowest BCUT2D eigenvalue weighted by Gasteiger charge is -2.13. The Morgan fingerprint density at radius 3 is 2.72 bits per heavy atom. The summed E-state index contributed by atoms with van der Waals surface area (Å²) in [7, 11) is 0. The molecule has 3 aromatic heterocycles. The predicted octanol–water partition coefficient (Wildman–Crippen LogP) is 3.65. The summed E-state index contributed by atoms with van der Waals surface area (Å²) in [4.78, 5) is 21.2. The number of hydrogen-bond acceptors (Lipinski definition) is 5. The number of carbonyl (C=O) groups excluding carboxylic acids is 1. The summed E-state index contributed by atoms with van der Waals surface area (Å²) in [6, 6.07) is 5.51. The highest BCUT2D eigenvalue weighted by molar-refractivity contribution is 7.09. The van der Waals surface area contributed by atoms with E-state index in [0.717, 1.165) is 22.1 Å². The van der Waals surface area contributed by atoms with Gasteiger partial charge in [0.1, 0.15) is 5.69 Å². The van der Waals surface area contributed by atoms with Crippen molar-refractivity contribution in [3.05, 3.63) is 57.9 Å². The van der Waals surface area contributed by atoms with E-state index >= 15 is 0 Å². The standard InChI is InChI=1S/C18H21N5OS/c1-11(2)18-22-15(10-25-18)17(24)21-12(3)14-9-20-23(13(14)4)16-7-5-6-8-19-16/h5-12H,1-4H3,(H,21,24)/t12-/m0/s1. The van der Waals surface area contributed by atoms with Crippen LogP contribution >= 0.6 is 11.3 Å². The van der Waals surface area contributed by atoms with Crippen molar-refractivity contribution in [3.8, 4) is 5.82 Å². The number of pyridine rings is 1. The van der Waals surface area contributed by atoms with E-state index in [2.05, 4.69) is 34.2 Å². The summed E-state index contributed by atoms with van der Waals surface area (Å²) in [6.45, 7) is 8.05. The van der Waals surface area contributed by atoms with Gasteiger partial charge in [-0.2, -0.15) is 5.10 Å². The number of hydrogen-bond donors (Lipinski definition) is 1. The van der Waals surface area contributed by atoms with E-state index in [9.17, 15) is 4.79 Å².